The monoisotopic (exact) mass is 521 g/mol. The van der Waals surface area contributed by atoms with Crippen LogP contribution < -0.4 is 9.64 Å². The fourth-order valence-electron chi connectivity index (χ4n) is 4.98. The highest BCUT2D eigenvalue weighted by Gasteiger charge is 2.19. The normalized spacial score (nSPS) is 14.6. The third kappa shape index (κ3) is 7.62. The Balaban J connectivity index is 1.22. The van der Waals surface area contributed by atoms with Gasteiger partial charge in [0, 0.05) is 52.6 Å². The lowest BCUT2D eigenvalue weighted by molar-refractivity contribution is -0.116. The lowest BCUT2D eigenvalue weighted by atomic mass is 9.87. The Kier molecular flexibility index (Phi) is 9.85. The summed E-state index contributed by atoms with van der Waals surface area (Å²) >= 11 is 0. The summed E-state index contributed by atoms with van der Waals surface area (Å²) in [7, 11) is 1.76. The fraction of sp³-hybridized carbons (Fsp3) is 0.387. The molecule has 1 amide bonds. The van der Waals surface area contributed by atoms with Gasteiger partial charge >= 0.3 is 0 Å². The summed E-state index contributed by atoms with van der Waals surface area (Å²) in [5.41, 5.74) is 2.89. The molecule has 0 saturated carbocycles. The molecule has 1 aliphatic rings. The zero-order chi connectivity index (χ0) is 26.9. The SMILES string of the molecule is CC(=O)N(C)c1ccccc1OCCN1CCN(CCCC(c2ccc(F)cc2)c2ccc(F)cc2)CC1. The van der Waals surface area contributed by atoms with Crippen molar-refractivity contribution in [1.82, 2.24) is 9.80 Å². The number of nitrogens with zero attached hydrogens (tertiary/aromatic N) is 3. The zero-order valence-corrected chi connectivity index (χ0v) is 22.3. The van der Waals surface area contributed by atoms with Crippen LogP contribution in [-0.2, 0) is 4.79 Å². The van der Waals surface area contributed by atoms with Crippen LogP contribution in [-0.4, -0.2) is 68.6 Å². The van der Waals surface area contributed by atoms with Gasteiger partial charge in [0.05, 0.1) is 5.69 Å². The molecule has 0 bridgehead atoms. The molecule has 1 heterocycles. The van der Waals surface area contributed by atoms with E-state index in [1.807, 2.05) is 48.5 Å². The Hall–Kier alpha value is -3.29. The molecule has 1 saturated heterocycles. The average molecular weight is 522 g/mol. The summed E-state index contributed by atoms with van der Waals surface area (Å²) in [6.07, 6.45) is 1.92. The van der Waals surface area contributed by atoms with Crippen molar-refractivity contribution in [2.45, 2.75) is 25.7 Å². The molecule has 5 nitrogen and oxygen atoms in total. The third-order valence-electron chi connectivity index (χ3n) is 7.34. The molecule has 0 atom stereocenters. The topological polar surface area (TPSA) is 36.0 Å². The van der Waals surface area contributed by atoms with Gasteiger partial charge in [0.1, 0.15) is 24.0 Å². The highest BCUT2D eigenvalue weighted by molar-refractivity contribution is 5.92. The molecule has 1 fully saturated rings. The molecule has 0 aliphatic carbocycles. The van der Waals surface area contributed by atoms with Crippen molar-refractivity contribution in [3.8, 4) is 5.75 Å². The first-order valence-corrected chi connectivity index (χ1v) is 13.3. The molecule has 0 radical (unpaired) electrons. The van der Waals surface area contributed by atoms with E-state index in [-0.39, 0.29) is 23.5 Å². The van der Waals surface area contributed by atoms with Crippen molar-refractivity contribution in [2.24, 2.45) is 0 Å². The highest BCUT2D eigenvalue weighted by atomic mass is 19.1. The third-order valence-corrected chi connectivity index (χ3v) is 7.34. The van der Waals surface area contributed by atoms with Crippen molar-refractivity contribution in [3.05, 3.63) is 95.6 Å². The number of carbonyl (C=O) groups is 1. The quantitative estimate of drug-likeness (QED) is 0.331. The van der Waals surface area contributed by atoms with Gasteiger partial charge in [-0.15, -0.1) is 0 Å². The number of benzene rings is 3. The van der Waals surface area contributed by atoms with Crippen LogP contribution in [0.3, 0.4) is 0 Å². The van der Waals surface area contributed by atoms with E-state index in [2.05, 4.69) is 9.80 Å². The summed E-state index contributed by atoms with van der Waals surface area (Å²) in [6.45, 7) is 7.91. The first-order chi connectivity index (χ1) is 18.4. The second kappa shape index (κ2) is 13.5. The van der Waals surface area contributed by atoms with Gasteiger partial charge in [-0.2, -0.15) is 0 Å². The van der Waals surface area contributed by atoms with Crippen LogP contribution in [0.2, 0.25) is 0 Å². The molecule has 1 aliphatic heterocycles. The van der Waals surface area contributed by atoms with Crippen molar-refractivity contribution in [2.75, 3.05) is 57.8 Å². The summed E-state index contributed by atoms with van der Waals surface area (Å²) in [5, 5.41) is 0. The van der Waals surface area contributed by atoms with Gasteiger partial charge in [-0.05, 0) is 66.9 Å². The van der Waals surface area contributed by atoms with E-state index in [0.29, 0.717) is 6.61 Å². The number of piperazine rings is 1. The smallest absolute Gasteiger partial charge is 0.223 e. The molecular formula is C31H37F2N3O2. The maximum absolute atomic E-state index is 13.5. The zero-order valence-electron chi connectivity index (χ0n) is 22.3. The van der Waals surface area contributed by atoms with Crippen molar-refractivity contribution < 1.29 is 18.3 Å². The summed E-state index contributed by atoms with van der Waals surface area (Å²) in [4.78, 5) is 18.3. The van der Waals surface area contributed by atoms with Gasteiger partial charge in [-0.1, -0.05) is 36.4 Å². The van der Waals surface area contributed by atoms with Crippen LogP contribution in [0, 0.1) is 11.6 Å². The first kappa shape index (κ1) is 27.7. The Bertz CT molecular complexity index is 1120. The number of para-hydroxylation sites is 2. The van der Waals surface area contributed by atoms with Crippen LogP contribution in [0.5, 0.6) is 5.75 Å². The number of ether oxygens (including phenoxy) is 1. The number of carbonyl (C=O) groups excluding carboxylic acids is 1. The van der Waals surface area contributed by atoms with E-state index in [9.17, 15) is 13.6 Å². The Morgan fingerprint density at radius 2 is 1.37 bits per heavy atom. The van der Waals surface area contributed by atoms with Gasteiger partial charge < -0.3 is 14.5 Å². The number of anilines is 1. The predicted octanol–water partition coefficient (Wildman–Crippen LogP) is 5.56. The Labute approximate surface area is 224 Å². The number of amides is 1. The van der Waals surface area contributed by atoms with Gasteiger partial charge in [0.15, 0.2) is 0 Å². The number of halogens is 2. The molecule has 202 valence electrons. The van der Waals surface area contributed by atoms with Crippen molar-refractivity contribution >= 4 is 11.6 Å². The highest BCUT2D eigenvalue weighted by Crippen LogP contribution is 2.30. The number of rotatable bonds is 11. The molecule has 3 aromatic rings. The lowest BCUT2D eigenvalue weighted by Crippen LogP contribution is -2.47. The molecule has 0 N–H and O–H groups in total. The molecule has 0 unspecified atom stereocenters. The predicted molar refractivity (Wildman–Crippen MR) is 148 cm³/mol. The largest absolute Gasteiger partial charge is 0.490 e. The average Bonchev–Trinajstić information content (AvgIpc) is 2.93. The van der Waals surface area contributed by atoms with Crippen LogP contribution in [0.1, 0.15) is 36.8 Å². The summed E-state index contributed by atoms with van der Waals surface area (Å²) in [5.74, 6) is 0.309. The van der Waals surface area contributed by atoms with Crippen LogP contribution >= 0.6 is 0 Å². The van der Waals surface area contributed by atoms with Crippen molar-refractivity contribution in [1.29, 1.82) is 0 Å². The van der Waals surface area contributed by atoms with E-state index in [0.717, 1.165) is 74.7 Å². The maximum atomic E-state index is 13.5. The minimum atomic E-state index is -0.248. The van der Waals surface area contributed by atoms with E-state index >= 15 is 0 Å². The molecular weight excluding hydrogens is 484 g/mol. The molecule has 3 aromatic carbocycles. The molecule has 4 rings (SSSR count). The van der Waals surface area contributed by atoms with Crippen LogP contribution in [0.25, 0.3) is 0 Å². The molecule has 0 spiro atoms. The van der Waals surface area contributed by atoms with Gasteiger partial charge in [-0.25, -0.2) is 8.78 Å². The lowest BCUT2D eigenvalue weighted by Gasteiger charge is -2.35. The molecule has 7 heteroatoms. The maximum Gasteiger partial charge on any atom is 0.223 e. The van der Waals surface area contributed by atoms with Gasteiger partial charge in [0.2, 0.25) is 5.91 Å². The molecule has 38 heavy (non-hydrogen) atoms. The summed E-state index contributed by atoms with van der Waals surface area (Å²) in [6, 6.07) is 20.9. The van der Waals surface area contributed by atoms with E-state index in [4.69, 9.17) is 4.74 Å². The minimum absolute atomic E-state index is 0.0289. The minimum Gasteiger partial charge on any atom is -0.490 e. The number of hydrogen-bond acceptors (Lipinski definition) is 4. The Morgan fingerprint density at radius 1 is 0.842 bits per heavy atom. The fourth-order valence-corrected chi connectivity index (χ4v) is 4.98. The van der Waals surface area contributed by atoms with E-state index in [1.54, 1.807) is 18.9 Å². The van der Waals surface area contributed by atoms with E-state index < -0.39 is 0 Å². The van der Waals surface area contributed by atoms with Crippen LogP contribution in [0.4, 0.5) is 14.5 Å². The summed E-state index contributed by atoms with van der Waals surface area (Å²) < 4.78 is 33.0. The van der Waals surface area contributed by atoms with Gasteiger partial charge in [-0.3, -0.25) is 9.69 Å². The van der Waals surface area contributed by atoms with Crippen LogP contribution in [0.15, 0.2) is 72.8 Å². The number of hydrogen-bond donors (Lipinski definition) is 0. The molecule has 0 aromatic heterocycles. The van der Waals surface area contributed by atoms with Crippen molar-refractivity contribution in [3.63, 3.8) is 0 Å². The second-order valence-corrected chi connectivity index (χ2v) is 9.88. The van der Waals surface area contributed by atoms with E-state index in [1.165, 1.54) is 24.3 Å². The first-order valence-electron chi connectivity index (χ1n) is 13.3. The Morgan fingerprint density at radius 3 is 1.92 bits per heavy atom. The standard InChI is InChI=1S/C31H37F2N3O2/c1-24(37)34(2)30-7-3-4-8-31(30)38-23-22-36-20-18-35(19-21-36)17-5-6-29(25-9-13-27(32)14-10-25)26-11-15-28(33)16-12-26/h3-4,7-16,29H,5-6,17-23H2,1-2H3. The van der Waals surface area contributed by atoms with Gasteiger partial charge in [0.25, 0.3) is 0 Å². The second-order valence-electron chi connectivity index (χ2n) is 9.88.